The number of nitro benzene ring substituents is 1. The van der Waals surface area contributed by atoms with Gasteiger partial charge in [0.15, 0.2) is 0 Å². The Kier molecular flexibility index (Phi) is 3.28. The standard InChI is InChI=1S/C15H17N3O2/c16-14-2-1-3-15-13(14)8-9-17(15)10-11-4-6-12(7-5-11)18(19)20/h4-9,14H,1-3,10,16H2. The summed E-state index contributed by atoms with van der Waals surface area (Å²) in [7, 11) is 0. The van der Waals surface area contributed by atoms with Gasteiger partial charge < -0.3 is 10.3 Å². The van der Waals surface area contributed by atoms with Crippen LogP contribution in [0.5, 0.6) is 0 Å². The fraction of sp³-hybridized carbons (Fsp3) is 0.333. The first kappa shape index (κ1) is 12.9. The van der Waals surface area contributed by atoms with Crippen LogP contribution >= 0.6 is 0 Å². The second kappa shape index (κ2) is 5.09. The maximum atomic E-state index is 10.6. The van der Waals surface area contributed by atoms with Gasteiger partial charge in [-0.05, 0) is 36.5 Å². The Labute approximate surface area is 117 Å². The van der Waals surface area contributed by atoms with Crippen LogP contribution in [0.25, 0.3) is 0 Å². The smallest absolute Gasteiger partial charge is 0.269 e. The van der Waals surface area contributed by atoms with Crippen molar-refractivity contribution < 1.29 is 4.92 Å². The molecule has 0 aliphatic heterocycles. The number of hydrogen-bond donors (Lipinski definition) is 1. The van der Waals surface area contributed by atoms with Crippen molar-refractivity contribution in [2.75, 3.05) is 0 Å². The molecule has 0 fully saturated rings. The predicted molar refractivity (Wildman–Crippen MR) is 76.5 cm³/mol. The molecule has 104 valence electrons. The number of hydrogen-bond acceptors (Lipinski definition) is 3. The third-order valence-electron chi connectivity index (χ3n) is 3.94. The van der Waals surface area contributed by atoms with E-state index in [4.69, 9.17) is 5.73 Å². The molecule has 1 aromatic heterocycles. The maximum Gasteiger partial charge on any atom is 0.269 e. The van der Waals surface area contributed by atoms with Crippen LogP contribution in [0.3, 0.4) is 0 Å². The van der Waals surface area contributed by atoms with Crippen molar-refractivity contribution in [3.63, 3.8) is 0 Å². The second-order valence-corrected chi connectivity index (χ2v) is 5.27. The van der Waals surface area contributed by atoms with Crippen LogP contribution in [0.4, 0.5) is 5.69 Å². The zero-order valence-corrected chi connectivity index (χ0v) is 11.2. The summed E-state index contributed by atoms with van der Waals surface area (Å²) in [5.41, 5.74) is 9.87. The largest absolute Gasteiger partial charge is 0.347 e. The van der Waals surface area contributed by atoms with Crippen molar-refractivity contribution in [3.8, 4) is 0 Å². The van der Waals surface area contributed by atoms with E-state index < -0.39 is 0 Å². The summed E-state index contributed by atoms with van der Waals surface area (Å²) < 4.78 is 2.20. The lowest BCUT2D eigenvalue weighted by atomic mass is 9.93. The van der Waals surface area contributed by atoms with Crippen LogP contribution in [-0.4, -0.2) is 9.49 Å². The average Bonchev–Trinajstić information content (AvgIpc) is 2.84. The van der Waals surface area contributed by atoms with Gasteiger partial charge in [0.1, 0.15) is 0 Å². The third kappa shape index (κ3) is 2.32. The fourth-order valence-corrected chi connectivity index (χ4v) is 2.86. The van der Waals surface area contributed by atoms with Gasteiger partial charge in [0, 0.05) is 36.6 Å². The zero-order valence-electron chi connectivity index (χ0n) is 11.2. The molecule has 1 unspecified atom stereocenters. The molecule has 1 aromatic carbocycles. The fourth-order valence-electron chi connectivity index (χ4n) is 2.86. The van der Waals surface area contributed by atoms with E-state index in [1.807, 2.05) is 12.1 Å². The molecule has 20 heavy (non-hydrogen) atoms. The first-order chi connectivity index (χ1) is 9.65. The monoisotopic (exact) mass is 271 g/mol. The molecule has 1 aliphatic carbocycles. The van der Waals surface area contributed by atoms with Crippen LogP contribution in [0.15, 0.2) is 36.5 Å². The van der Waals surface area contributed by atoms with Gasteiger partial charge in [0.25, 0.3) is 5.69 Å². The summed E-state index contributed by atoms with van der Waals surface area (Å²) in [6.07, 6.45) is 5.30. The molecule has 5 nitrogen and oxygen atoms in total. The van der Waals surface area contributed by atoms with Crippen molar-refractivity contribution in [2.45, 2.75) is 31.8 Å². The first-order valence-corrected chi connectivity index (χ1v) is 6.82. The molecule has 5 heteroatoms. The van der Waals surface area contributed by atoms with Gasteiger partial charge in [-0.3, -0.25) is 10.1 Å². The number of nitrogens with two attached hydrogens (primary N) is 1. The van der Waals surface area contributed by atoms with E-state index in [0.29, 0.717) is 0 Å². The molecule has 0 spiro atoms. The van der Waals surface area contributed by atoms with E-state index in [-0.39, 0.29) is 16.7 Å². The Morgan fingerprint density at radius 3 is 2.75 bits per heavy atom. The highest BCUT2D eigenvalue weighted by Crippen LogP contribution is 2.29. The molecule has 2 aromatic rings. The number of nitrogens with zero attached hydrogens (tertiary/aromatic N) is 2. The molecule has 0 saturated carbocycles. The molecule has 1 aliphatic rings. The van der Waals surface area contributed by atoms with E-state index in [1.54, 1.807) is 12.1 Å². The van der Waals surface area contributed by atoms with Gasteiger partial charge in [-0.15, -0.1) is 0 Å². The van der Waals surface area contributed by atoms with Crippen LogP contribution in [-0.2, 0) is 13.0 Å². The molecule has 0 amide bonds. The summed E-state index contributed by atoms with van der Waals surface area (Å²) in [5, 5.41) is 10.6. The van der Waals surface area contributed by atoms with Crippen LogP contribution < -0.4 is 5.73 Å². The van der Waals surface area contributed by atoms with Crippen molar-refractivity contribution >= 4 is 5.69 Å². The number of aromatic nitrogens is 1. The summed E-state index contributed by atoms with van der Waals surface area (Å²) >= 11 is 0. The van der Waals surface area contributed by atoms with E-state index in [0.717, 1.165) is 31.4 Å². The Morgan fingerprint density at radius 2 is 2.05 bits per heavy atom. The Bertz CT molecular complexity index is 631. The molecular formula is C15H17N3O2. The quantitative estimate of drug-likeness (QED) is 0.689. The molecule has 0 radical (unpaired) electrons. The molecule has 0 bridgehead atoms. The van der Waals surface area contributed by atoms with E-state index >= 15 is 0 Å². The van der Waals surface area contributed by atoms with Crippen LogP contribution in [0.1, 0.15) is 35.7 Å². The minimum atomic E-state index is -0.375. The summed E-state index contributed by atoms with van der Waals surface area (Å²) in [4.78, 5) is 10.3. The lowest BCUT2D eigenvalue weighted by Crippen LogP contribution is -2.18. The lowest BCUT2D eigenvalue weighted by molar-refractivity contribution is -0.384. The van der Waals surface area contributed by atoms with Gasteiger partial charge in [0.2, 0.25) is 0 Å². The summed E-state index contributed by atoms with van der Waals surface area (Å²) in [6.45, 7) is 0.736. The number of non-ortho nitro benzene ring substituents is 1. The number of rotatable bonds is 3. The van der Waals surface area contributed by atoms with Gasteiger partial charge >= 0.3 is 0 Å². The van der Waals surface area contributed by atoms with Gasteiger partial charge in [0.05, 0.1) is 4.92 Å². The van der Waals surface area contributed by atoms with Crippen molar-refractivity contribution in [3.05, 3.63) is 63.5 Å². The summed E-state index contributed by atoms with van der Waals surface area (Å²) in [5.74, 6) is 0. The highest BCUT2D eigenvalue weighted by molar-refractivity contribution is 5.34. The minimum Gasteiger partial charge on any atom is -0.347 e. The van der Waals surface area contributed by atoms with Crippen LogP contribution in [0.2, 0.25) is 0 Å². The number of benzene rings is 1. The van der Waals surface area contributed by atoms with Crippen molar-refractivity contribution in [1.29, 1.82) is 0 Å². The molecule has 0 saturated heterocycles. The molecule has 2 N–H and O–H groups in total. The highest BCUT2D eigenvalue weighted by atomic mass is 16.6. The van der Waals surface area contributed by atoms with E-state index in [9.17, 15) is 10.1 Å². The normalized spacial score (nSPS) is 17.8. The molecule has 1 atom stereocenters. The SMILES string of the molecule is NC1CCCc2c1ccn2Cc1ccc([N+](=O)[O-])cc1. The molecule has 3 rings (SSSR count). The Morgan fingerprint density at radius 1 is 1.30 bits per heavy atom. The number of fused-ring (bicyclic) bond motifs is 1. The molecule has 1 heterocycles. The first-order valence-electron chi connectivity index (χ1n) is 6.82. The minimum absolute atomic E-state index is 0.130. The highest BCUT2D eigenvalue weighted by Gasteiger charge is 2.20. The third-order valence-corrected chi connectivity index (χ3v) is 3.94. The van der Waals surface area contributed by atoms with E-state index in [1.165, 1.54) is 11.3 Å². The Balaban J connectivity index is 1.83. The predicted octanol–water partition coefficient (Wildman–Crippen LogP) is 2.78. The molecular weight excluding hydrogens is 254 g/mol. The van der Waals surface area contributed by atoms with Gasteiger partial charge in [-0.25, -0.2) is 0 Å². The second-order valence-electron chi connectivity index (χ2n) is 5.27. The number of nitro groups is 1. The summed E-state index contributed by atoms with van der Waals surface area (Å²) in [6, 6.07) is 8.98. The van der Waals surface area contributed by atoms with Gasteiger partial charge in [-0.1, -0.05) is 12.1 Å². The topological polar surface area (TPSA) is 74.1 Å². The average molecular weight is 271 g/mol. The maximum absolute atomic E-state index is 10.6. The van der Waals surface area contributed by atoms with Gasteiger partial charge in [-0.2, -0.15) is 0 Å². The Hall–Kier alpha value is -2.14. The van der Waals surface area contributed by atoms with Crippen LogP contribution in [0, 0.1) is 10.1 Å². The lowest BCUT2D eigenvalue weighted by Gasteiger charge is -2.21. The van der Waals surface area contributed by atoms with E-state index in [2.05, 4.69) is 16.8 Å². The zero-order chi connectivity index (χ0) is 14.1. The van der Waals surface area contributed by atoms with Crippen molar-refractivity contribution in [1.82, 2.24) is 4.57 Å². The van der Waals surface area contributed by atoms with Crippen molar-refractivity contribution in [2.24, 2.45) is 5.73 Å².